The van der Waals surface area contributed by atoms with Crippen molar-refractivity contribution in [3.8, 4) is 0 Å². The van der Waals surface area contributed by atoms with Crippen LogP contribution in [0.3, 0.4) is 0 Å². The highest BCUT2D eigenvalue weighted by atomic mass is 16.1. The highest BCUT2D eigenvalue weighted by Gasteiger charge is 2.02. The Morgan fingerprint density at radius 2 is 2.19 bits per heavy atom. The van der Waals surface area contributed by atoms with Gasteiger partial charge in [0.15, 0.2) is 0 Å². The molecular weight excluding hydrogens is 202 g/mol. The molecule has 1 rings (SSSR count). The van der Waals surface area contributed by atoms with E-state index in [1.54, 1.807) is 16.7 Å². The number of aromatic nitrogens is 1. The van der Waals surface area contributed by atoms with Crippen molar-refractivity contribution >= 4 is 0 Å². The molecule has 0 saturated carbocycles. The van der Waals surface area contributed by atoms with Crippen molar-refractivity contribution in [3.63, 3.8) is 0 Å². The van der Waals surface area contributed by atoms with Gasteiger partial charge in [-0.1, -0.05) is 6.07 Å². The lowest BCUT2D eigenvalue weighted by atomic mass is 10.3. The smallest absolute Gasteiger partial charge is 0.250 e. The van der Waals surface area contributed by atoms with Crippen molar-refractivity contribution in [2.75, 3.05) is 27.2 Å². The van der Waals surface area contributed by atoms with Crippen molar-refractivity contribution in [1.29, 1.82) is 0 Å². The Hall–Kier alpha value is -1.13. The van der Waals surface area contributed by atoms with E-state index in [0.29, 0.717) is 6.04 Å². The van der Waals surface area contributed by atoms with Gasteiger partial charge in [-0.25, -0.2) is 0 Å². The molecular formula is C12H21N3O. The summed E-state index contributed by atoms with van der Waals surface area (Å²) in [6, 6.07) is 5.67. The molecule has 0 bridgehead atoms. The fourth-order valence-corrected chi connectivity index (χ4v) is 1.69. The molecule has 0 saturated heterocycles. The number of hydrogen-bond acceptors (Lipinski definition) is 3. The quantitative estimate of drug-likeness (QED) is 0.758. The fourth-order valence-electron chi connectivity index (χ4n) is 1.69. The summed E-state index contributed by atoms with van der Waals surface area (Å²) in [6.45, 7) is 4.69. The van der Waals surface area contributed by atoms with Crippen molar-refractivity contribution < 1.29 is 0 Å². The third-order valence-corrected chi connectivity index (χ3v) is 2.38. The Kier molecular flexibility index (Phi) is 5.22. The zero-order valence-electron chi connectivity index (χ0n) is 10.3. The second kappa shape index (κ2) is 6.45. The van der Waals surface area contributed by atoms with E-state index in [1.165, 1.54) is 0 Å². The second-order valence-electron chi connectivity index (χ2n) is 4.35. The van der Waals surface area contributed by atoms with Gasteiger partial charge in [0.1, 0.15) is 0 Å². The summed E-state index contributed by atoms with van der Waals surface area (Å²) in [5.74, 6) is 0. The summed E-state index contributed by atoms with van der Waals surface area (Å²) in [7, 11) is 4.11. The maximum atomic E-state index is 11.4. The summed E-state index contributed by atoms with van der Waals surface area (Å²) < 4.78 is 1.72. The van der Waals surface area contributed by atoms with Crippen LogP contribution >= 0.6 is 0 Å². The summed E-state index contributed by atoms with van der Waals surface area (Å²) in [5.41, 5.74) is 0.0598. The number of pyridine rings is 1. The molecule has 1 heterocycles. The first-order chi connectivity index (χ1) is 7.59. The van der Waals surface area contributed by atoms with Crippen molar-refractivity contribution in [1.82, 2.24) is 14.8 Å². The van der Waals surface area contributed by atoms with E-state index in [2.05, 4.69) is 31.2 Å². The Morgan fingerprint density at radius 1 is 1.44 bits per heavy atom. The lowest BCUT2D eigenvalue weighted by Crippen LogP contribution is -2.38. The lowest BCUT2D eigenvalue weighted by molar-refractivity contribution is 0.347. The molecule has 4 heteroatoms. The van der Waals surface area contributed by atoms with E-state index < -0.39 is 0 Å². The van der Waals surface area contributed by atoms with Gasteiger partial charge in [0.25, 0.3) is 5.56 Å². The van der Waals surface area contributed by atoms with Crippen molar-refractivity contribution in [2.45, 2.75) is 19.5 Å². The number of rotatable bonds is 6. The molecule has 0 amide bonds. The van der Waals surface area contributed by atoms with Crippen LogP contribution in [0.1, 0.15) is 6.92 Å². The molecule has 4 nitrogen and oxygen atoms in total. The third kappa shape index (κ3) is 4.59. The minimum absolute atomic E-state index is 0.0598. The minimum Gasteiger partial charge on any atom is -0.314 e. The number of likely N-dealkylation sites (N-methyl/N-ethyl adjacent to an activating group) is 1. The third-order valence-electron chi connectivity index (χ3n) is 2.38. The van der Waals surface area contributed by atoms with Gasteiger partial charge >= 0.3 is 0 Å². The van der Waals surface area contributed by atoms with Crippen LogP contribution in [-0.2, 0) is 6.54 Å². The standard InChI is InChI=1S/C12H21N3O/c1-11(10-14(2)3)13-7-9-15-8-5-4-6-12(15)16/h4-6,8,11,13H,7,9-10H2,1-3H3. The Balaban J connectivity index is 2.31. The van der Waals surface area contributed by atoms with Crippen LogP contribution in [-0.4, -0.2) is 42.7 Å². The molecule has 0 aliphatic heterocycles. The fraction of sp³-hybridized carbons (Fsp3) is 0.583. The van der Waals surface area contributed by atoms with Crippen LogP contribution in [0.5, 0.6) is 0 Å². The first-order valence-corrected chi connectivity index (χ1v) is 5.63. The number of nitrogens with one attached hydrogen (secondary N) is 1. The summed E-state index contributed by atoms with van der Waals surface area (Å²) in [6.07, 6.45) is 1.82. The molecule has 0 fully saturated rings. The van der Waals surface area contributed by atoms with Crippen LogP contribution < -0.4 is 10.9 Å². The predicted octanol–water partition coefficient (Wildman–Crippen LogP) is 0.388. The Morgan fingerprint density at radius 3 is 2.81 bits per heavy atom. The largest absolute Gasteiger partial charge is 0.314 e. The van der Waals surface area contributed by atoms with Crippen LogP contribution in [0.15, 0.2) is 29.2 Å². The maximum Gasteiger partial charge on any atom is 0.250 e. The van der Waals surface area contributed by atoms with Crippen LogP contribution in [0.4, 0.5) is 0 Å². The molecule has 0 aliphatic rings. The minimum atomic E-state index is 0.0598. The first kappa shape index (κ1) is 12.9. The topological polar surface area (TPSA) is 37.3 Å². The lowest BCUT2D eigenvalue weighted by Gasteiger charge is -2.18. The van der Waals surface area contributed by atoms with Gasteiger partial charge in [-0.2, -0.15) is 0 Å². The van der Waals surface area contributed by atoms with Gasteiger partial charge < -0.3 is 14.8 Å². The molecule has 0 aliphatic carbocycles. The monoisotopic (exact) mass is 223 g/mol. The van der Waals surface area contributed by atoms with E-state index in [1.807, 2.05) is 12.3 Å². The van der Waals surface area contributed by atoms with Gasteiger partial charge in [0, 0.05) is 37.9 Å². The maximum absolute atomic E-state index is 11.4. The summed E-state index contributed by atoms with van der Waals surface area (Å²) >= 11 is 0. The normalized spacial score (nSPS) is 13.0. The molecule has 1 unspecified atom stereocenters. The summed E-state index contributed by atoms with van der Waals surface area (Å²) in [4.78, 5) is 13.5. The van der Waals surface area contributed by atoms with Crippen LogP contribution in [0.2, 0.25) is 0 Å². The molecule has 16 heavy (non-hydrogen) atoms. The number of hydrogen-bond donors (Lipinski definition) is 1. The van der Waals surface area contributed by atoms with Gasteiger partial charge in [0.05, 0.1) is 0 Å². The molecule has 0 spiro atoms. The van der Waals surface area contributed by atoms with Crippen LogP contribution in [0, 0.1) is 0 Å². The number of nitrogens with zero attached hydrogens (tertiary/aromatic N) is 2. The molecule has 1 aromatic rings. The molecule has 1 N–H and O–H groups in total. The summed E-state index contributed by atoms with van der Waals surface area (Å²) in [5, 5.41) is 3.39. The van der Waals surface area contributed by atoms with Gasteiger partial charge in [-0.05, 0) is 27.1 Å². The Bertz CT molecular complexity index is 359. The Labute approximate surface area is 96.9 Å². The zero-order valence-corrected chi connectivity index (χ0v) is 10.3. The highest BCUT2D eigenvalue weighted by Crippen LogP contribution is 1.86. The predicted molar refractivity (Wildman–Crippen MR) is 66.7 cm³/mol. The van der Waals surface area contributed by atoms with Gasteiger partial charge in [-0.15, -0.1) is 0 Å². The van der Waals surface area contributed by atoms with Crippen LogP contribution in [0.25, 0.3) is 0 Å². The average Bonchev–Trinajstić information content (AvgIpc) is 2.19. The highest BCUT2D eigenvalue weighted by molar-refractivity contribution is 4.93. The van der Waals surface area contributed by atoms with E-state index in [-0.39, 0.29) is 5.56 Å². The van der Waals surface area contributed by atoms with E-state index in [9.17, 15) is 4.79 Å². The van der Waals surface area contributed by atoms with Crippen molar-refractivity contribution in [2.24, 2.45) is 0 Å². The van der Waals surface area contributed by atoms with E-state index >= 15 is 0 Å². The molecule has 0 aromatic carbocycles. The van der Waals surface area contributed by atoms with Gasteiger partial charge in [-0.3, -0.25) is 4.79 Å². The van der Waals surface area contributed by atoms with E-state index in [4.69, 9.17) is 0 Å². The van der Waals surface area contributed by atoms with E-state index in [0.717, 1.165) is 19.6 Å². The molecule has 0 radical (unpaired) electrons. The van der Waals surface area contributed by atoms with Crippen molar-refractivity contribution in [3.05, 3.63) is 34.7 Å². The second-order valence-corrected chi connectivity index (χ2v) is 4.35. The molecule has 1 aromatic heterocycles. The van der Waals surface area contributed by atoms with Gasteiger partial charge in [0.2, 0.25) is 0 Å². The zero-order chi connectivity index (χ0) is 12.0. The SMILES string of the molecule is CC(CN(C)C)NCCn1ccccc1=O. The molecule has 1 atom stereocenters. The average molecular weight is 223 g/mol. The first-order valence-electron chi connectivity index (χ1n) is 5.63. The molecule has 90 valence electrons.